The summed E-state index contributed by atoms with van der Waals surface area (Å²) in [4.78, 5) is 20.2. The zero-order valence-electron chi connectivity index (χ0n) is 33.2. The van der Waals surface area contributed by atoms with Crippen molar-refractivity contribution in [1.82, 2.24) is 0 Å². The van der Waals surface area contributed by atoms with Gasteiger partial charge in [0.25, 0.3) is 0 Å². The number of benzene rings is 2. The minimum Gasteiger partial charge on any atom is -1.00 e. The number of allylic oxidation sites excluding steroid dienone is 6. The fourth-order valence-electron chi connectivity index (χ4n) is 10.3. The maximum atomic E-state index is 11.2. The van der Waals surface area contributed by atoms with Gasteiger partial charge in [-0.05, 0) is 149 Å². The molecule has 5 unspecified atom stereocenters. The predicted molar refractivity (Wildman–Crippen MR) is 206 cm³/mol. The van der Waals surface area contributed by atoms with Crippen LogP contribution in [0.25, 0.3) is 11.5 Å². The Balaban J connectivity index is 0.000000234. The average molecular weight is 816 g/mol. The van der Waals surface area contributed by atoms with Crippen LogP contribution in [0.2, 0.25) is 10.0 Å². The Morgan fingerprint density at radius 3 is 1.65 bits per heavy atom. The number of hydrogen-bond donors (Lipinski definition) is 2. The van der Waals surface area contributed by atoms with Crippen molar-refractivity contribution in [2.75, 3.05) is 14.2 Å². The molecule has 2 aromatic carbocycles. The minimum atomic E-state index is -4.94. The Morgan fingerprint density at radius 2 is 1.19 bits per heavy atom. The molecule has 5 atom stereocenters. The number of ether oxygens (including phenoxy) is 2. The molecule has 282 valence electrons. The predicted octanol–water partition coefficient (Wildman–Crippen LogP) is 5.44. The van der Waals surface area contributed by atoms with Crippen molar-refractivity contribution in [2.45, 2.75) is 103 Å². The molecular formula is C42H51Cl2Na2O7P. The Labute approximate surface area is 376 Å². The van der Waals surface area contributed by atoms with Crippen molar-refractivity contribution in [2.24, 2.45) is 23.7 Å². The molecule has 0 heterocycles. The molecule has 4 bridgehead atoms. The number of phosphoric ester groups is 1. The fraction of sp³-hybridized carbons (Fsp3) is 0.524. The zero-order valence-corrected chi connectivity index (χ0v) is 38.6. The Hall–Kier alpha value is -0.670. The van der Waals surface area contributed by atoms with Crippen LogP contribution in [0.5, 0.6) is 11.5 Å². The van der Waals surface area contributed by atoms with Crippen LogP contribution in [-0.2, 0) is 14.0 Å². The second-order valence-electron chi connectivity index (χ2n) is 15.3. The molecule has 54 heavy (non-hydrogen) atoms. The number of aromatic hydroxyl groups is 1. The third-order valence-corrected chi connectivity index (χ3v) is 13.4. The van der Waals surface area contributed by atoms with E-state index in [1.54, 1.807) is 54.7 Å². The summed E-state index contributed by atoms with van der Waals surface area (Å²) in [6.07, 6.45) is 19.9. The number of phosphoric acid groups is 1. The van der Waals surface area contributed by atoms with Gasteiger partial charge in [0.1, 0.15) is 23.0 Å². The molecule has 6 aliphatic rings. The molecule has 0 amide bonds. The van der Waals surface area contributed by atoms with Gasteiger partial charge in [-0.1, -0.05) is 58.3 Å². The zero-order chi connectivity index (χ0) is 36.6. The molecule has 12 heteroatoms. The summed E-state index contributed by atoms with van der Waals surface area (Å²) in [5.74, 6) is 3.83. The first-order valence-corrected chi connectivity index (χ1v) is 21.3. The smallest absolute Gasteiger partial charge is 1.00 e. The SMILES string of the molecule is CO/C(=C1\C2CCCC1C1=C(CCCC1)C2)c1ccc(Cl)c(O)c1.CO/C(=C1\C2CCCC1C1=C(CCCC1)C2)c1ccc(Cl)c(OP(=O)([O-])O)c1.[H-].[Na+].[Na+]. The molecule has 0 spiro atoms. The molecule has 0 aromatic heterocycles. The van der Waals surface area contributed by atoms with Crippen LogP contribution >= 0.6 is 31.0 Å². The van der Waals surface area contributed by atoms with Crippen LogP contribution < -0.4 is 68.5 Å². The van der Waals surface area contributed by atoms with E-state index in [2.05, 4.69) is 4.52 Å². The van der Waals surface area contributed by atoms with Crippen molar-refractivity contribution >= 4 is 42.5 Å². The number of phenolic OH excluding ortho intramolecular Hbond substituents is 1. The number of fused-ring (bicyclic) bond motifs is 6. The molecule has 2 aromatic rings. The Bertz CT molecular complexity index is 1890. The van der Waals surface area contributed by atoms with Gasteiger partial charge in [0.05, 0.1) is 24.3 Å². The molecule has 6 aliphatic carbocycles. The summed E-state index contributed by atoms with van der Waals surface area (Å²) in [7, 11) is -1.53. The summed E-state index contributed by atoms with van der Waals surface area (Å²) < 4.78 is 27.6. The molecular weight excluding hydrogens is 764 g/mol. The van der Waals surface area contributed by atoms with Gasteiger partial charge in [-0.15, -0.1) is 0 Å². The van der Waals surface area contributed by atoms with Crippen LogP contribution in [0.1, 0.15) is 115 Å². The molecule has 8 rings (SSSR count). The molecule has 0 radical (unpaired) electrons. The van der Waals surface area contributed by atoms with E-state index in [1.807, 2.05) is 12.1 Å². The van der Waals surface area contributed by atoms with Gasteiger partial charge >= 0.3 is 66.9 Å². The topological polar surface area (TPSA) is 108 Å². The van der Waals surface area contributed by atoms with E-state index in [4.69, 9.17) is 37.6 Å². The van der Waals surface area contributed by atoms with Crippen molar-refractivity contribution < 1.29 is 94.0 Å². The quantitative estimate of drug-likeness (QED) is 0.173. The number of methoxy groups -OCH3 is 2. The maximum Gasteiger partial charge on any atom is 1.00 e. The van der Waals surface area contributed by atoms with E-state index in [0.29, 0.717) is 28.7 Å². The van der Waals surface area contributed by atoms with Gasteiger partial charge < -0.3 is 30.3 Å². The van der Waals surface area contributed by atoms with Gasteiger partial charge in [0.15, 0.2) is 0 Å². The van der Waals surface area contributed by atoms with Crippen molar-refractivity contribution in [3.63, 3.8) is 0 Å². The standard InChI is InChI=1S/C21H26ClO5P.C21H25ClO2.2Na.H/c1-26-21(15-9-10-18(22)19(12-15)27-28(23,24)25)20-14-6-4-8-17(20)16-7-3-2-5-13(16)11-14;1-24-21(15-9-10-18(22)19(23)12-15)20-14-6-4-8-17(20)16-7-3-2-5-13(16)11-14;;;/h9-10,12,14,17H,2-8,11H2,1H3,(H2,23,24,25);9-10,12,14,17,23H,2-8,11H2,1H3;;;/q;;2*+1;-1/p-1/b2*21-20+;;;. The van der Waals surface area contributed by atoms with Crippen LogP contribution in [0.4, 0.5) is 0 Å². The second-order valence-corrected chi connectivity index (χ2v) is 17.2. The molecule has 0 saturated heterocycles. The third kappa shape index (κ3) is 9.61. The largest absolute Gasteiger partial charge is 1.00 e. The van der Waals surface area contributed by atoms with E-state index >= 15 is 0 Å². The number of rotatable bonds is 6. The van der Waals surface area contributed by atoms with Crippen molar-refractivity contribution in [3.8, 4) is 11.5 Å². The summed E-state index contributed by atoms with van der Waals surface area (Å²) in [5, 5.41) is 10.5. The molecule has 2 fully saturated rings. The first-order chi connectivity index (χ1) is 25.1. The van der Waals surface area contributed by atoms with Crippen LogP contribution in [0, 0.1) is 23.7 Å². The van der Waals surface area contributed by atoms with Crippen LogP contribution in [0.3, 0.4) is 0 Å². The summed E-state index contributed by atoms with van der Waals surface area (Å²) >= 11 is 12.0. The van der Waals surface area contributed by atoms with E-state index in [9.17, 15) is 14.6 Å². The number of halogens is 2. The van der Waals surface area contributed by atoms with E-state index in [0.717, 1.165) is 41.9 Å². The Morgan fingerprint density at radius 1 is 0.722 bits per heavy atom. The number of hydrogen-bond acceptors (Lipinski definition) is 6. The minimum absolute atomic E-state index is 0. The summed E-state index contributed by atoms with van der Waals surface area (Å²) in [6.45, 7) is 0. The first kappa shape index (κ1) is 44.4. The number of phenols is 1. The first-order valence-electron chi connectivity index (χ1n) is 19.1. The monoisotopic (exact) mass is 814 g/mol. The normalized spacial score (nSPS) is 27.3. The fourth-order valence-corrected chi connectivity index (χ4v) is 11.1. The molecule has 2 N–H and O–H groups in total. The van der Waals surface area contributed by atoms with Gasteiger partial charge in [-0.25, -0.2) is 0 Å². The van der Waals surface area contributed by atoms with Crippen LogP contribution in [-0.4, -0.2) is 24.2 Å². The molecule has 0 aliphatic heterocycles. The van der Waals surface area contributed by atoms with Crippen molar-refractivity contribution in [1.29, 1.82) is 0 Å². The van der Waals surface area contributed by atoms with Gasteiger partial charge in [0, 0.05) is 23.0 Å². The average Bonchev–Trinajstić information content (AvgIpc) is 3.12. The molecule has 2 saturated carbocycles. The second kappa shape index (κ2) is 19.4. The van der Waals surface area contributed by atoms with Gasteiger partial charge in [0.2, 0.25) is 0 Å². The van der Waals surface area contributed by atoms with E-state index in [1.165, 1.54) is 101 Å². The van der Waals surface area contributed by atoms with Crippen LogP contribution in [0.15, 0.2) is 69.8 Å². The summed E-state index contributed by atoms with van der Waals surface area (Å²) in [5.41, 5.74) is 11.2. The maximum absolute atomic E-state index is 11.2. The Kier molecular flexibility index (Phi) is 16.0. The summed E-state index contributed by atoms with van der Waals surface area (Å²) in [6, 6.07) is 10.4. The van der Waals surface area contributed by atoms with Crippen molar-refractivity contribution in [3.05, 3.63) is 91.0 Å². The van der Waals surface area contributed by atoms with Gasteiger partial charge in [-0.3, -0.25) is 4.57 Å². The van der Waals surface area contributed by atoms with E-state index in [-0.39, 0.29) is 77.1 Å². The van der Waals surface area contributed by atoms with E-state index < -0.39 is 7.82 Å². The third-order valence-electron chi connectivity index (χ3n) is 12.4. The van der Waals surface area contributed by atoms with Gasteiger partial charge in [-0.2, -0.15) is 0 Å². The molecule has 7 nitrogen and oxygen atoms in total.